The molecular formula is C16H15BrClN5O2. The second-order valence-electron chi connectivity index (χ2n) is 5.10. The Kier molecular flexibility index (Phi) is 5.72. The minimum absolute atomic E-state index is 0.393. The molecule has 0 aliphatic carbocycles. The lowest BCUT2D eigenvalue weighted by molar-refractivity contribution is 0.284. The molecule has 0 aliphatic heterocycles. The zero-order valence-electron chi connectivity index (χ0n) is 13.3. The van der Waals surface area contributed by atoms with Crippen LogP contribution >= 0.6 is 27.5 Å². The molecule has 1 aromatic heterocycles. The van der Waals surface area contributed by atoms with E-state index in [2.05, 4.69) is 41.9 Å². The van der Waals surface area contributed by atoms with Gasteiger partial charge >= 0.3 is 0 Å². The van der Waals surface area contributed by atoms with E-state index in [0.29, 0.717) is 35.6 Å². The normalized spacial score (nSPS) is 10.5. The largest absolute Gasteiger partial charge is 0.493 e. The van der Waals surface area contributed by atoms with Crippen LogP contribution in [0.4, 0.5) is 5.95 Å². The summed E-state index contributed by atoms with van der Waals surface area (Å²) in [5.41, 5.74) is 1.95. The summed E-state index contributed by atoms with van der Waals surface area (Å²) in [6, 6.07) is 11.3. The Morgan fingerprint density at radius 2 is 2.12 bits per heavy atom. The van der Waals surface area contributed by atoms with Crippen LogP contribution in [0, 0.1) is 0 Å². The van der Waals surface area contributed by atoms with Crippen molar-refractivity contribution in [1.82, 2.24) is 20.6 Å². The molecule has 2 N–H and O–H groups in total. The summed E-state index contributed by atoms with van der Waals surface area (Å²) in [7, 11) is 1.60. The van der Waals surface area contributed by atoms with Gasteiger partial charge in [0.25, 0.3) is 5.95 Å². The number of aromatic amines is 1. The zero-order valence-corrected chi connectivity index (χ0v) is 15.6. The first-order valence-corrected chi connectivity index (χ1v) is 8.54. The molecule has 1 heterocycles. The number of hydrogen-bond donors (Lipinski definition) is 2. The van der Waals surface area contributed by atoms with E-state index in [-0.39, 0.29) is 0 Å². The van der Waals surface area contributed by atoms with Crippen molar-refractivity contribution in [2.45, 2.75) is 13.2 Å². The van der Waals surface area contributed by atoms with E-state index in [1.807, 2.05) is 36.4 Å². The quantitative estimate of drug-likeness (QED) is 0.600. The number of ether oxygens (including phenoxy) is 2. The van der Waals surface area contributed by atoms with Crippen molar-refractivity contribution in [3.05, 3.63) is 57.0 Å². The number of nitrogens with zero attached hydrogens (tertiary/aromatic N) is 3. The first-order chi connectivity index (χ1) is 12.2. The maximum atomic E-state index is 6.00. The molecule has 2 aromatic carbocycles. The Hall–Kier alpha value is -2.32. The van der Waals surface area contributed by atoms with Crippen LogP contribution in [-0.4, -0.2) is 27.7 Å². The molecule has 0 fully saturated rings. The van der Waals surface area contributed by atoms with Gasteiger partial charge in [0.2, 0.25) is 0 Å². The molecule has 3 aromatic rings. The van der Waals surface area contributed by atoms with Gasteiger partial charge < -0.3 is 14.8 Å². The van der Waals surface area contributed by atoms with Crippen LogP contribution in [0.3, 0.4) is 0 Å². The topological polar surface area (TPSA) is 85.0 Å². The van der Waals surface area contributed by atoms with Crippen LogP contribution < -0.4 is 14.8 Å². The molecule has 25 heavy (non-hydrogen) atoms. The number of hydrogen-bond acceptors (Lipinski definition) is 6. The van der Waals surface area contributed by atoms with Crippen molar-refractivity contribution in [3.63, 3.8) is 0 Å². The minimum atomic E-state index is 0.393. The Balaban J connectivity index is 1.72. The van der Waals surface area contributed by atoms with Gasteiger partial charge in [-0.25, -0.2) is 0 Å². The van der Waals surface area contributed by atoms with Gasteiger partial charge in [-0.2, -0.15) is 5.21 Å². The molecule has 0 spiro atoms. The Morgan fingerprint density at radius 1 is 1.24 bits per heavy atom. The van der Waals surface area contributed by atoms with Crippen molar-refractivity contribution < 1.29 is 9.47 Å². The van der Waals surface area contributed by atoms with Crippen molar-refractivity contribution in [2.75, 3.05) is 12.4 Å². The average Bonchev–Trinajstić information content (AvgIpc) is 3.12. The van der Waals surface area contributed by atoms with Crippen LogP contribution in [0.15, 0.2) is 40.9 Å². The van der Waals surface area contributed by atoms with Crippen molar-refractivity contribution in [2.24, 2.45) is 0 Å². The number of tetrazole rings is 1. The van der Waals surface area contributed by atoms with E-state index in [9.17, 15) is 0 Å². The van der Waals surface area contributed by atoms with E-state index in [4.69, 9.17) is 21.1 Å². The number of methoxy groups -OCH3 is 1. The van der Waals surface area contributed by atoms with Crippen molar-refractivity contribution >= 4 is 33.5 Å². The standard InChI is InChI=1S/C16H15BrClN5O2/c1-24-14-6-11(8-19-16-20-22-23-21-16)13(17)7-15(14)25-9-10-3-2-4-12(18)5-10/h2-7H,8-9H2,1H3,(H2,19,20,21,22,23). The van der Waals surface area contributed by atoms with E-state index >= 15 is 0 Å². The first-order valence-electron chi connectivity index (χ1n) is 7.36. The molecule has 130 valence electrons. The number of anilines is 1. The van der Waals surface area contributed by atoms with E-state index in [1.54, 1.807) is 7.11 Å². The third-order valence-electron chi connectivity index (χ3n) is 3.40. The Morgan fingerprint density at radius 3 is 2.84 bits per heavy atom. The minimum Gasteiger partial charge on any atom is -0.493 e. The fourth-order valence-electron chi connectivity index (χ4n) is 2.18. The highest BCUT2D eigenvalue weighted by molar-refractivity contribution is 9.10. The highest BCUT2D eigenvalue weighted by Gasteiger charge is 2.11. The van der Waals surface area contributed by atoms with Crippen molar-refractivity contribution in [3.8, 4) is 11.5 Å². The van der Waals surface area contributed by atoms with Gasteiger partial charge in [-0.15, -0.1) is 5.10 Å². The fraction of sp³-hybridized carbons (Fsp3) is 0.188. The molecule has 0 atom stereocenters. The second kappa shape index (κ2) is 8.17. The molecule has 0 saturated carbocycles. The van der Waals surface area contributed by atoms with Gasteiger partial charge in [-0.05, 0) is 40.6 Å². The Labute approximate surface area is 157 Å². The summed E-state index contributed by atoms with van der Waals surface area (Å²) in [4.78, 5) is 0. The predicted octanol–water partition coefficient (Wildman–Crippen LogP) is 3.82. The van der Waals surface area contributed by atoms with Crippen molar-refractivity contribution in [1.29, 1.82) is 0 Å². The lowest BCUT2D eigenvalue weighted by atomic mass is 10.2. The molecule has 3 rings (SSSR count). The molecule has 9 heteroatoms. The van der Waals surface area contributed by atoms with Crippen LogP contribution in [0.2, 0.25) is 5.02 Å². The summed E-state index contributed by atoms with van der Waals surface area (Å²) in [6.07, 6.45) is 0. The van der Waals surface area contributed by atoms with Gasteiger partial charge in [0.1, 0.15) is 6.61 Å². The zero-order chi connectivity index (χ0) is 17.6. The maximum absolute atomic E-state index is 6.00. The lowest BCUT2D eigenvalue weighted by Crippen LogP contribution is -2.04. The summed E-state index contributed by atoms with van der Waals surface area (Å²) < 4.78 is 12.2. The molecule has 0 saturated heterocycles. The first kappa shape index (κ1) is 17.5. The second-order valence-corrected chi connectivity index (χ2v) is 6.39. The van der Waals surface area contributed by atoms with Crippen LogP contribution in [-0.2, 0) is 13.2 Å². The molecule has 0 amide bonds. The highest BCUT2D eigenvalue weighted by atomic mass is 79.9. The molecule has 7 nitrogen and oxygen atoms in total. The highest BCUT2D eigenvalue weighted by Crippen LogP contribution is 2.34. The summed E-state index contributed by atoms with van der Waals surface area (Å²) in [5, 5.41) is 17.3. The number of H-pyrrole nitrogens is 1. The summed E-state index contributed by atoms with van der Waals surface area (Å²) >= 11 is 9.55. The lowest BCUT2D eigenvalue weighted by Gasteiger charge is -2.14. The third kappa shape index (κ3) is 4.61. The Bertz CT molecular complexity index is 845. The molecule has 0 bridgehead atoms. The third-order valence-corrected chi connectivity index (χ3v) is 4.37. The SMILES string of the molecule is COc1cc(CNc2nn[nH]n2)c(Br)cc1OCc1cccc(Cl)c1. The molecule has 0 unspecified atom stereocenters. The van der Waals surface area contributed by atoms with Gasteiger partial charge in [-0.3, -0.25) is 0 Å². The van der Waals surface area contributed by atoms with Gasteiger partial charge in [-0.1, -0.05) is 44.8 Å². The summed E-state index contributed by atoms with van der Waals surface area (Å²) in [5.74, 6) is 1.69. The number of aromatic nitrogens is 4. The number of rotatable bonds is 7. The van der Waals surface area contributed by atoms with Crippen LogP contribution in [0.1, 0.15) is 11.1 Å². The van der Waals surface area contributed by atoms with Crippen LogP contribution in [0.5, 0.6) is 11.5 Å². The van der Waals surface area contributed by atoms with E-state index in [1.165, 1.54) is 0 Å². The molecule has 0 radical (unpaired) electrons. The number of halogens is 2. The monoisotopic (exact) mass is 423 g/mol. The van der Waals surface area contributed by atoms with Gasteiger partial charge in [0.15, 0.2) is 11.5 Å². The predicted molar refractivity (Wildman–Crippen MR) is 98.0 cm³/mol. The fourth-order valence-corrected chi connectivity index (χ4v) is 2.86. The smallest absolute Gasteiger partial charge is 0.263 e. The number of benzene rings is 2. The molecule has 0 aliphatic rings. The van der Waals surface area contributed by atoms with Gasteiger partial charge in [0, 0.05) is 16.0 Å². The van der Waals surface area contributed by atoms with Crippen LogP contribution in [0.25, 0.3) is 0 Å². The van der Waals surface area contributed by atoms with Gasteiger partial charge in [0.05, 0.1) is 7.11 Å². The maximum Gasteiger partial charge on any atom is 0.263 e. The van der Waals surface area contributed by atoms with E-state index < -0.39 is 0 Å². The number of nitrogens with one attached hydrogen (secondary N) is 2. The van der Waals surface area contributed by atoms with E-state index in [0.717, 1.165) is 15.6 Å². The molecular weight excluding hydrogens is 410 g/mol. The average molecular weight is 425 g/mol. The summed E-state index contributed by atoms with van der Waals surface area (Å²) in [6.45, 7) is 0.898.